The minimum atomic E-state index is -0.504. The molecule has 10 heteroatoms. The number of carbonyl (C=O) groups excluding carboxylic acids is 1. The second-order valence-electron chi connectivity index (χ2n) is 6.60. The molecule has 1 atom stereocenters. The number of rotatable bonds is 10. The van der Waals surface area contributed by atoms with E-state index in [1.165, 1.54) is 24.0 Å². The van der Waals surface area contributed by atoms with Gasteiger partial charge in [0.1, 0.15) is 18.1 Å². The first kappa shape index (κ1) is 23.4. The molecule has 0 fully saturated rings. The van der Waals surface area contributed by atoms with E-state index in [1.54, 1.807) is 25.1 Å². The first-order chi connectivity index (χ1) is 15.5. The number of hydrogen-bond donors (Lipinski definition) is 2. The van der Waals surface area contributed by atoms with Gasteiger partial charge in [-0.3, -0.25) is 9.36 Å². The number of nitrogens with one attached hydrogen (secondary N) is 1. The number of phenols is 1. The number of halogens is 1. The summed E-state index contributed by atoms with van der Waals surface area (Å²) in [5.74, 6) is 1.03. The van der Waals surface area contributed by atoms with Crippen LogP contribution < -0.4 is 10.2 Å². The molecule has 1 aromatic heterocycles. The second kappa shape index (κ2) is 11.4. The third-order valence-electron chi connectivity index (χ3n) is 4.24. The lowest BCUT2D eigenvalue weighted by Gasteiger charge is -2.11. The minimum absolute atomic E-state index is 0.0117. The van der Waals surface area contributed by atoms with Gasteiger partial charge in [0, 0.05) is 17.1 Å². The van der Waals surface area contributed by atoms with Crippen LogP contribution in [0.15, 0.2) is 71.4 Å². The van der Waals surface area contributed by atoms with Gasteiger partial charge in [0.2, 0.25) is 0 Å². The SMILES string of the molecule is C=CCn1c(COc2ccccc2)nnc1S[C@H](C)C(=O)NN=Cc1cc(Cl)ccc1O. The summed E-state index contributed by atoms with van der Waals surface area (Å²) in [5.41, 5.74) is 2.85. The summed E-state index contributed by atoms with van der Waals surface area (Å²) < 4.78 is 7.61. The van der Waals surface area contributed by atoms with Crippen LogP contribution in [0.1, 0.15) is 18.3 Å². The number of allylic oxidation sites excluding steroid dienone is 1. The number of phenolic OH excluding ortho intramolecular Hbond substituents is 1. The number of para-hydroxylation sites is 1. The number of amides is 1. The standard InChI is InChI=1S/C22H22ClN5O3S/c1-3-11-28-20(14-31-18-7-5-4-6-8-18)25-27-22(28)32-15(2)21(30)26-24-13-16-12-17(23)9-10-19(16)29/h3-10,12-13,15,29H,1,11,14H2,2H3,(H,26,30)/t15-/m1/s1. The van der Waals surface area contributed by atoms with Crippen LogP contribution >= 0.6 is 23.4 Å². The third-order valence-corrected chi connectivity index (χ3v) is 5.55. The first-order valence-electron chi connectivity index (χ1n) is 9.67. The molecule has 0 aliphatic heterocycles. The van der Waals surface area contributed by atoms with E-state index in [4.69, 9.17) is 16.3 Å². The van der Waals surface area contributed by atoms with E-state index in [-0.39, 0.29) is 18.3 Å². The van der Waals surface area contributed by atoms with E-state index in [2.05, 4.69) is 27.3 Å². The van der Waals surface area contributed by atoms with Crippen LogP contribution in [0.2, 0.25) is 5.02 Å². The maximum Gasteiger partial charge on any atom is 0.253 e. The number of hydrazone groups is 1. The Labute approximate surface area is 195 Å². The van der Waals surface area contributed by atoms with E-state index >= 15 is 0 Å². The summed E-state index contributed by atoms with van der Waals surface area (Å²) in [5, 5.41) is 22.6. The molecule has 3 rings (SSSR count). The highest BCUT2D eigenvalue weighted by atomic mass is 35.5. The maximum absolute atomic E-state index is 12.4. The molecule has 0 radical (unpaired) electrons. The summed E-state index contributed by atoms with van der Waals surface area (Å²) in [6.07, 6.45) is 3.06. The molecule has 0 spiro atoms. The number of carbonyl (C=O) groups is 1. The molecule has 0 unspecified atom stereocenters. The van der Waals surface area contributed by atoms with Gasteiger partial charge in [0.05, 0.1) is 11.5 Å². The highest BCUT2D eigenvalue weighted by Gasteiger charge is 2.20. The summed E-state index contributed by atoms with van der Waals surface area (Å²) in [4.78, 5) is 12.4. The minimum Gasteiger partial charge on any atom is -0.507 e. The zero-order valence-corrected chi connectivity index (χ0v) is 18.9. The monoisotopic (exact) mass is 471 g/mol. The van der Waals surface area contributed by atoms with Crippen molar-refractivity contribution in [1.29, 1.82) is 0 Å². The van der Waals surface area contributed by atoms with Gasteiger partial charge in [-0.1, -0.05) is 47.6 Å². The summed E-state index contributed by atoms with van der Waals surface area (Å²) in [6, 6.07) is 14.0. The fourth-order valence-corrected chi connectivity index (χ4v) is 3.64. The van der Waals surface area contributed by atoms with Gasteiger partial charge >= 0.3 is 0 Å². The van der Waals surface area contributed by atoms with Crippen LogP contribution in [0.3, 0.4) is 0 Å². The number of ether oxygens (including phenoxy) is 1. The average Bonchev–Trinajstić information content (AvgIpc) is 3.16. The highest BCUT2D eigenvalue weighted by molar-refractivity contribution is 8.00. The van der Waals surface area contributed by atoms with Crippen LogP contribution in [0.5, 0.6) is 11.5 Å². The quantitative estimate of drug-likeness (QED) is 0.200. The molecule has 1 heterocycles. The van der Waals surface area contributed by atoms with Gasteiger partial charge in [0.25, 0.3) is 5.91 Å². The number of aromatic nitrogens is 3. The summed E-state index contributed by atoms with van der Waals surface area (Å²) >= 11 is 7.15. The Balaban J connectivity index is 1.61. The highest BCUT2D eigenvalue weighted by Crippen LogP contribution is 2.23. The molecule has 0 bridgehead atoms. The predicted octanol–water partition coefficient (Wildman–Crippen LogP) is 4.03. The Morgan fingerprint density at radius 2 is 2.12 bits per heavy atom. The van der Waals surface area contributed by atoms with Crippen molar-refractivity contribution >= 4 is 35.5 Å². The Kier molecular flexibility index (Phi) is 8.29. The molecule has 3 aromatic rings. The average molecular weight is 472 g/mol. The molecule has 0 aliphatic carbocycles. The number of nitrogens with zero attached hydrogens (tertiary/aromatic N) is 4. The molecule has 166 valence electrons. The molecule has 0 saturated carbocycles. The van der Waals surface area contributed by atoms with E-state index in [0.717, 1.165) is 5.75 Å². The fraction of sp³-hybridized carbons (Fsp3) is 0.182. The molecule has 32 heavy (non-hydrogen) atoms. The lowest BCUT2D eigenvalue weighted by atomic mass is 10.2. The van der Waals surface area contributed by atoms with Crippen molar-refractivity contribution in [3.8, 4) is 11.5 Å². The Bertz CT molecular complexity index is 1100. The molecule has 8 nitrogen and oxygen atoms in total. The fourth-order valence-electron chi connectivity index (χ4n) is 2.59. The molecule has 0 saturated heterocycles. The van der Waals surface area contributed by atoms with Crippen molar-refractivity contribution in [1.82, 2.24) is 20.2 Å². The van der Waals surface area contributed by atoms with Gasteiger partial charge < -0.3 is 9.84 Å². The van der Waals surface area contributed by atoms with Crippen LogP contribution in [0.4, 0.5) is 0 Å². The van der Waals surface area contributed by atoms with Crippen LogP contribution in [-0.4, -0.2) is 37.2 Å². The number of thioether (sulfide) groups is 1. The van der Waals surface area contributed by atoms with Gasteiger partial charge in [-0.25, -0.2) is 5.43 Å². The molecular weight excluding hydrogens is 450 g/mol. The zero-order valence-electron chi connectivity index (χ0n) is 17.3. The lowest BCUT2D eigenvalue weighted by Crippen LogP contribution is -2.27. The Hall–Kier alpha value is -3.30. The number of aromatic hydroxyl groups is 1. The van der Waals surface area contributed by atoms with E-state index in [9.17, 15) is 9.90 Å². The second-order valence-corrected chi connectivity index (χ2v) is 8.34. The van der Waals surface area contributed by atoms with Crippen LogP contribution in [-0.2, 0) is 17.9 Å². The van der Waals surface area contributed by atoms with Gasteiger partial charge in [-0.15, -0.1) is 16.8 Å². The van der Waals surface area contributed by atoms with Crippen molar-refractivity contribution in [2.45, 2.75) is 30.5 Å². The molecule has 1 amide bonds. The van der Waals surface area contributed by atoms with Gasteiger partial charge in [-0.05, 0) is 37.3 Å². The van der Waals surface area contributed by atoms with Crippen LogP contribution in [0.25, 0.3) is 0 Å². The summed E-state index contributed by atoms with van der Waals surface area (Å²) in [6.45, 7) is 6.22. The van der Waals surface area contributed by atoms with Gasteiger partial charge in [0.15, 0.2) is 11.0 Å². The van der Waals surface area contributed by atoms with E-state index in [0.29, 0.717) is 28.1 Å². The Morgan fingerprint density at radius 3 is 2.88 bits per heavy atom. The van der Waals surface area contributed by atoms with Crippen molar-refractivity contribution in [3.63, 3.8) is 0 Å². The van der Waals surface area contributed by atoms with Gasteiger partial charge in [-0.2, -0.15) is 5.10 Å². The number of hydrogen-bond acceptors (Lipinski definition) is 7. The van der Waals surface area contributed by atoms with Crippen molar-refractivity contribution in [2.24, 2.45) is 5.10 Å². The molecule has 0 aliphatic rings. The van der Waals surface area contributed by atoms with Crippen molar-refractivity contribution < 1.29 is 14.6 Å². The largest absolute Gasteiger partial charge is 0.507 e. The van der Waals surface area contributed by atoms with E-state index in [1.807, 2.05) is 34.9 Å². The smallest absolute Gasteiger partial charge is 0.253 e. The maximum atomic E-state index is 12.4. The topological polar surface area (TPSA) is 102 Å². The normalized spacial score (nSPS) is 11.9. The Morgan fingerprint density at radius 1 is 1.34 bits per heavy atom. The zero-order chi connectivity index (χ0) is 22.9. The number of benzene rings is 2. The summed E-state index contributed by atoms with van der Waals surface area (Å²) in [7, 11) is 0. The molecular formula is C22H22ClN5O3S. The van der Waals surface area contributed by atoms with Crippen molar-refractivity contribution in [2.75, 3.05) is 0 Å². The lowest BCUT2D eigenvalue weighted by molar-refractivity contribution is -0.120. The van der Waals surface area contributed by atoms with Crippen molar-refractivity contribution in [3.05, 3.63) is 77.6 Å². The third kappa shape index (κ3) is 6.35. The first-order valence-corrected chi connectivity index (χ1v) is 10.9. The van der Waals surface area contributed by atoms with E-state index < -0.39 is 5.25 Å². The molecule has 2 aromatic carbocycles. The van der Waals surface area contributed by atoms with Crippen LogP contribution in [0, 0.1) is 0 Å². The predicted molar refractivity (Wildman–Crippen MR) is 125 cm³/mol. The molecule has 2 N–H and O–H groups in total.